The second-order valence-electron chi connectivity index (χ2n) is 9.57. The van der Waals surface area contributed by atoms with E-state index in [0.717, 1.165) is 68.0 Å². The Bertz CT molecular complexity index is 1040. The summed E-state index contributed by atoms with van der Waals surface area (Å²) in [4.78, 5) is 17.9. The van der Waals surface area contributed by atoms with Gasteiger partial charge in [0.2, 0.25) is 5.91 Å². The predicted octanol–water partition coefficient (Wildman–Crippen LogP) is 4.09. The van der Waals surface area contributed by atoms with E-state index in [9.17, 15) is 4.79 Å². The minimum atomic E-state index is 0.212. The summed E-state index contributed by atoms with van der Waals surface area (Å²) in [5.41, 5.74) is 3.42. The van der Waals surface area contributed by atoms with Crippen LogP contribution in [0.3, 0.4) is 0 Å². The topological polar surface area (TPSA) is 60.5 Å². The summed E-state index contributed by atoms with van der Waals surface area (Å²) in [6, 6.07) is 10.8. The average molecular weight is 483 g/mol. The van der Waals surface area contributed by atoms with Crippen molar-refractivity contribution < 1.29 is 23.7 Å². The Kier molecular flexibility index (Phi) is 8.06. The van der Waals surface area contributed by atoms with Crippen LogP contribution in [-0.2, 0) is 24.2 Å². The number of benzene rings is 2. The molecule has 0 N–H and O–H groups in total. The van der Waals surface area contributed by atoms with Gasteiger partial charge in [-0.15, -0.1) is 0 Å². The van der Waals surface area contributed by atoms with Crippen molar-refractivity contribution in [3.8, 4) is 23.0 Å². The molecule has 0 bridgehead atoms. The number of carbonyl (C=O) groups is 1. The van der Waals surface area contributed by atoms with Gasteiger partial charge in [-0.1, -0.05) is 6.07 Å². The molecule has 7 nitrogen and oxygen atoms in total. The van der Waals surface area contributed by atoms with Gasteiger partial charge in [0.1, 0.15) is 0 Å². The van der Waals surface area contributed by atoms with Gasteiger partial charge in [-0.05, 0) is 80.1 Å². The third kappa shape index (κ3) is 5.50. The van der Waals surface area contributed by atoms with Crippen molar-refractivity contribution in [2.45, 2.75) is 57.2 Å². The summed E-state index contributed by atoms with van der Waals surface area (Å²) in [5, 5.41) is 0. The number of amides is 1. The number of fused-ring (bicyclic) bond motifs is 1. The molecule has 1 heterocycles. The van der Waals surface area contributed by atoms with E-state index in [2.05, 4.69) is 22.9 Å². The first-order valence-electron chi connectivity index (χ1n) is 12.4. The van der Waals surface area contributed by atoms with Crippen LogP contribution in [-0.4, -0.2) is 69.8 Å². The van der Waals surface area contributed by atoms with Gasteiger partial charge in [0.15, 0.2) is 23.0 Å². The molecule has 0 saturated heterocycles. The van der Waals surface area contributed by atoms with Gasteiger partial charge in [0.25, 0.3) is 0 Å². The molecule has 4 rings (SSSR count). The molecule has 1 amide bonds. The van der Waals surface area contributed by atoms with Crippen molar-refractivity contribution >= 4 is 5.91 Å². The molecule has 0 spiro atoms. The number of rotatable bonds is 8. The van der Waals surface area contributed by atoms with Crippen molar-refractivity contribution in [1.82, 2.24) is 9.80 Å². The van der Waals surface area contributed by atoms with E-state index in [0.29, 0.717) is 18.2 Å². The standard InChI is InChI=1S/C28H38N2O5/c1-29(18-19-9-10-24(32-2)25(13-19)33-3)22-7-6-8-23(17-22)30-12-11-20-14-26(34-4)27(35-5)15-21(20)16-28(30)31/h9-10,13-15,22-23H,6-8,11-12,16-18H2,1-5H3/t22-,23+/m1/s1. The van der Waals surface area contributed by atoms with Gasteiger partial charge in [0, 0.05) is 25.2 Å². The minimum absolute atomic E-state index is 0.212. The normalized spacial score (nSPS) is 20.3. The van der Waals surface area contributed by atoms with Crippen molar-refractivity contribution in [3.05, 3.63) is 47.0 Å². The van der Waals surface area contributed by atoms with E-state index >= 15 is 0 Å². The lowest BCUT2D eigenvalue weighted by Crippen LogP contribution is -2.47. The highest BCUT2D eigenvalue weighted by Crippen LogP contribution is 2.35. The molecule has 1 saturated carbocycles. The lowest BCUT2D eigenvalue weighted by Gasteiger charge is -2.40. The Hall–Kier alpha value is -2.93. The molecular weight excluding hydrogens is 444 g/mol. The van der Waals surface area contributed by atoms with Crippen LogP contribution in [0.15, 0.2) is 30.3 Å². The first-order chi connectivity index (χ1) is 17.0. The zero-order chi connectivity index (χ0) is 24.9. The SMILES string of the molecule is COc1ccc(CN(C)[C@@H]2CCC[C@H](N3CCc4cc(OC)c(OC)cc4CC3=O)C2)cc1OC. The number of hydrogen-bond acceptors (Lipinski definition) is 6. The molecule has 35 heavy (non-hydrogen) atoms. The lowest BCUT2D eigenvalue weighted by atomic mass is 9.88. The third-order valence-corrected chi connectivity index (χ3v) is 7.55. The first-order valence-corrected chi connectivity index (χ1v) is 12.4. The summed E-state index contributed by atoms with van der Waals surface area (Å²) in [6.07, 6.45) is 5.59. The van der Waals surface area contributed by atoms with Crippen LogP contribution >= 0.6 is 0 Å². The Labute approximate surface area is 208 Å². The number of nitrogens with zero attached hydrogens (tertiary/aromatic N) is 2. The van der Waals surface area contributed by atoms with Crippen LogP contribution in [0.4, 0.5) is 0 Å². The summed E-state index contributed by atoms with van der Waals surface area (Å²) >= 11 is 0. The van der Waals surface area contributed by atoms with E-state index in [1.165, 1.54) is 11.1 Å². The van der Waals surface area contributed by atoms with E-state index in [1.54, 1.807) is 28.4 Å². The van der Waals surface area contributed by atoms with Gasteiger partial charge in [0.05, 0.1) is 34.9 Å². The molecule has 7 heteroatoms. The van der Waals surface area contributed by atoms with E-state index in [1.807, 2.05) is 24.3 Å². The average Bonchev–Trinajstić information content (AvgIpc) is 3.05. The van der Waals surface area contributed by atoms with Crippen LogP contribution in [0.2, 0.25) is 0 Å². The number of methoxy groups -OCH3 is 4. The highest BCUT2D eigenvalue weighted by Gasteiger charge is 2.33. The largest absolute Gasteiger partial charge is 0.493 e. The van der Waals surface area contributed by atoms with E-state index in [4.69, 9.17) is 18.9 Å². The molecule has 1 aliphatic heterocycles. The fourth-order valence-corrected chi connectivity index (χ4v) is 5.60. The van der Waals surface area contributed by atoms with Gasteiger partial charge in [-0.3, -0.25) is 9.69 Å². The molecule has 2 aromatic carbocycles. The smallest absolute Gasteiger partial charge is 0.227 e. The molecule has 2 atom stereocenters. The van der Waals surface area contributed by atoms with Gasteiger partial charge in [-0.25, -0.2) is 0 Å². The monoisotopic (exact) mass is 482 g/mol. The van der Waals surface area contributed by atoms with Crippen LogP contribution in [0, 0.1) is 0 Å². The van der Waals surface area contributed by atoms with Crippen molar-refractivity contribution in [1.29, 1.82) is 0 Å². The van der Waals surface area contributed by atoms with Crippen LogP contribution in [0.1, 0.15) is 42.4 Å². The van der Waals surface area contributed by atoms with Crippen molar-refractivity contribution in [2.75, 3.05) is 42.0 Å². The molecule has 0 aromatic heterocycles. The predicted molar refractivity (Wildman–Crippen MR) is 136 cm³/mol. The molecule has 0 unspecified atom stereocenters. The number of hydrogen-bond donors (Lipinski definition) is 0. The zero-order valence-corrected chi connectivity index (χ0v) is 21.6. The molecule has 2 aromatic rings. The van der Waals surface area contributed by atoms with Gasteiger partial charge >= 0.3 is 0 Å². The fraction of sp³-hybridized carbons (Fsp3) is 0.536. The Balaban J connectivity index is 1.43. The number of ether oxygens (including phenoxy) is 4. The quantitative estimate of drug-likeness (QED) is 0.565. The Morgan fingerprint density at radius 2 is 1.54 bits per heavy atom. The summed E-state index contributed by atoms with van der Waals surface area (Å²) in [5.74, 6) is 3.11. The van der Waals surface area contributed by atoms with Crippen LogP contribution in [0.5, 0.6) is 23.0 Å². The first kappa shape index (κ1) is 25.2. The third-order valence-electron chi connectivity index (χ3n) is 7.55. The second-order valence-corrected chi connectivity index (χ2v) is 9.57. The number of carbonyl (C=O) groups excluding carboxylic acids is 1. The summed E-state index contributed by atoms with van der Waals surface area (Å²) in [7, 11) is 8.79. The molecule has 1 fully saturated rings. The Morgan fingerprint density at radius 3 is 2.23 bits per heavy atom. The molecule has 1 aliphatic carbocycles. The van der Waals surface area contributed by atoms with Gasteiger partial charge in [-0.2, -0.15) is 0 Å². The summed E-state index contributed by atoms with van der Waals surface area (Å²) in [6.45, 7) is 1.58. The maximum atomic E-state index is 13.3. The van der Waals surface area contributed by atoms with Crippen LogP contribution < -0.4 is 18.9 Å². The van der Waals surface area contributed by atoms with Crippen molar-refractivity contribution in [3.63, 3.8) is 0 Å². The molecule has 2 aliphatic rings. The molecule has 190 valence electrons. The maximum absolute atomic E-state index is 13.3. The minimum Gasteiger partial charge on any atom is -0.493 e. The van der Waals surface area contributed by atoms with Crippen LogP contribution in [0.25, 0.3) is 0 Å². The molecule has 0 radical (unpaired) electrons. The summed E-state index contributed by atoms with van der Waals surface area (Å²) < 4.78 is 21.8. The second kappa shape index (κ2) is 11.2. The molecular formula is C28H38N2O5. The van der Waals surface area contributed by atoms with Gasteiger partial charge < -0.3 is 23.8 Å². The highest BCUT2D eigenvalue weighted by atomic mass is 16.5. The maximum Gasteiger partial charge on any atom is 0.227 e. The fourth-order valence-electron chi connectivity index (χ4n) is 5.60. The Morgan fingerprint density at radius 1 is 0.886 bits per heavy atom. The lowest BCUT2D eigenvalue weighted by molar-refractivity contribution is -0.133. The van der Waals surface area contributed by atoms with E-state index < -0.39 is 0 Å². The van der Waals surface area contributed by atoms with E-state index in [-0.39, 0.29) is 11.9 Å². The zero-order valence-electron chi connectivity index (χ0n) is 21.6. The van der Waals surface area contributed by atoms with Crippen molar-refractivity contribution in [2.24, 2.45) is 0 Å². The highest BCUT2D eigenvalue weighted by molar-refractivity contribution is 5.80.